The van der Waals surface area contributed by atoms with Crippen LogP contribution in [0, 0.1) is 0 Å². The maximum absolute atomic E-state index is 5.65. The van der Waals surface area contributed by atoms with Gasteiger partial charge in [-0.15, -0.1) is 0 Å². The third kappa shape index (κ3) is 40.4. The summed E-state index contributed by atoms with van der Waals surface area (Å²) in [6.07, 6.45) is 2.21. The minimum absolute atomic E-state index is 0. The molecule has 6 heteroatoms. The summed E-state index contributed by atoms with van der Waals surface area (Å²) in [5.74, 6) is 0. The van der Waals surface area contributed by atoms with Crippen molar-refractivity contribution in [3.63, 3.8) is 0 Å². The van der Waals surface area contributed by atoms with Crippen LogP contribution in [0.3, 0.4) is 0 Å². The van der Waals surface area contributed by atoms with E-state index >= 15 is 0 Å². The predicted octanol–water partition coefficient (Wildman–Crippen LogP) is 3.99. The zero-order valence-corrected chi connectivity index (χ0v) is 16.7. The summed E-state index contributed by atoms with van der Waals surface area (Å²) in [6.45, 7) is 2.10. The molecule has 0 atom stereocenters. The Hall–Kier alpha value is 2.43. The van der Waals surface area contributed by atoms with Crippen LogP contribution in [0.1, 0.15) is 19.8 Å². The number of rotatable bonds is 3. The molecule has 1 nitrogen and oxygen atoms in total. The van der Waals surface area contributed by atoms with Gasteiger partial charge in [0.1, 0.15) is 0 Å². The van der Waals surface area contributed by atoms with Gasteiger partial charge in [0.25, 0.3) is 0 Å². The normalized spacial score (nSPS) is 10.2. The van der Waals surface area contributed by atoms with Crippen LogP contribution in [0.5, 0.6) is 0 Å². The summed E-state index contributed by atoms with van der Waals surface area (Å²) >= 11 is -3.43. The molecule has 0 amide bonds. The molecule has 0 aliphatic rings. The summed E-state index contributed by atoms with van der Waals surface area (Å²) in [4.78, 5) is 7.09. The molecule has 0 bridgehead atoms. The molecule has 0 heterocycles. The van der Waals surface area contributed by atoms with Crippen molar-refractivity contribution < 1.29 is 5.48 Å². The van der Waals surface area contributed by atoms with Crippen molar-refractivity contribution >= 4 is 61.5 Å². The Balaban J connectivity index is -0.000000173. The molecule has 2 N–H and O–H groups in total. The molecule has 0 spiro atoms. The van der Waals surface area contributed by atoms with E-state index in [0.717, 1.165) is 17.3 Å². The minimum atomic E-state index is -2.89. The van der Waals surface area contributed by atoms with Crippen LogP contribution in [0.25, 0.3) is 0 Å². The summed E-state index contributed by atoms with van der Waals surface area (Å²) in [5.41, 5.74) is 0. The molecule has 0 aromatic rings. The molecule has 0 aromatic heterocycles. The van der Waals surface area contributed by atoms with Gasteiger partial charge in [-0.1, -0.05) is 0 Å². The van der Waals surface area contributed by atoms with Gasteiger partial charge in [0.15, 0.2) is 0 Å². The predicted molar refractivity (Wildman–Crippen MR) is 70.0 cm³/mol. The molecule has 0 saturated heterocycles. The fourth-order valence-corrected chi connectivity index (χ4v) is 5.22. The topological polar surface area (TPSA) is 31.5 Å². The zero-order chi connectivity index (χ0) is 10.2. The van der Waals surface area contributed by atoms with Crippen molar-refractivity contribution in [2.24, 2.45) is 0 Å². The first-order valence-corrected chi connectivity index (χ1v) is 25.6. The molecule has 0 rings (SSSR count). The van der Waals surface area contributed by atoms with Gasteiger partial charge < -0.3 is 5.48 Å². The Morgan fingerprint density at radius 2 is 1.38 bits per heavy atom. The Morgan fingerprint density at radius 3 is 1.46 bits per heavy atom. The summed E-state index contributed by atoms with van der Waals surface area (Å²) < 4.78 is 0.871. The van der Waals surface area contributed by atoms with Crippen molar-refractivity contribution in [1.29, 1.82) is 0 Å². The summed E-state index contributed by atoms with van der Waals surface area (Å²) in [6, 6.07) is 0. The first kappa shape index (κ1) is 20.8. The molecule has 0 unspecified atom stereocenters. The first-order valence-electron chi connectivity index (χ1n) is 4.13. The molecule has 0 aliphatic carbocycles. The van der Waals surface area contributed by atoms with E-state index in [1.165, 1.54) is 0 Å². The molecule has 1 radical (unpaired) electrons. The molecule has 0 aromatic carbocycles. The second-order valence-electron chi connectivity index (χ2n) is 3.22. The second-order valence-corrected chi connectivity index (χ2v) is 33.6. The quantitative estimate of drug-likeness (QED) is 0.567. The standard InChI is InChI=1S/C4H9.3CH3.3ClH.H2O.2Sn/c1-3-4-2;;;;;;;;;/h1,3-4H2,2H3;3*1H3;3*1H;1H2;;/q;;;;;;;;;+3/p-3. The van der Waals surface area contributed by atoms with E-state index in [-0.39, 0.29) is 5.48 Å². The Bertz CT molecular complexity index is 93.5. The van der Waals surface area contributed by atoms with Crippen LogP contribution in [0.4, 0.5) is 0 Å². The summed E-state index contributed by atoms with van der Waals surface area (Å²) in [5, 5.41) is 0. The van der Waals surface area contributed by atoms with Crippen molar-refractivity contribution in [2.45, 2.75) is 39.0 Å². The van der Waals surface area contributed by atoms with E-state index < -0.39 is 34.8 Å². The number of unbranched alkanes of at least 4 members (excludes halogenated alkanes) is 1. The number of hydrogen-bond donors (Lipinski definition) is 0. The third-order valence-electron chi connectivity index (χ3n) is 0.814. The van der Waals surface area contributed by atoms with Gasteiger partial charge in [0.2, 0.25) is 0 Å². The van der Waals surface area contributed by atoms with Crippen molar-refractivity contribution in [1.82, 2.24) is 0 Å². The van der Waals surface area contributed by atoms with Gasteiger partial charge in [-0.2, -0.15) is 0 Å². The van der Waals surface area contributed by atoms with Gasteiger partial charge in [0, 0.05) is 0 Å². The number of hydrogen-bond acceptors (Lipinski definition) is 0. The second kappa shape index (κ2) is 12.5. The van der Waals surface area contributed by atoms with Crippen LogP contribution >= 0.6 is 26.8 Å². The van der Waals surface area contributed by atoms with Crippen LogP contribution in [-0.4, -0.2) is 40.2 Å². The van der Waals surface area contributed by atoms with E-state index in [1.807, 2.05) is 0 Å². The van der Waals surface area contributed by atoms with E-state index in [4.69, 9.17) is 26.8 Å². The van der Waals surface area contributed by atoms with Gasteiger partial charge in [0.05, 0.1) is 0 Å². The molecule has 0 saturated carbocycles. The third-order valence-corrected chi connectivity index (χ3v) is 7.24. The van der Waals surface area contributed by atoms with Crippen LogP contribution in [0.2, 0.25) is 19.3 Å². The van der Waals surface area contributed by atoms with Crippen molar-refractivity contribution in [3.05, 3.63) is 0 Å². The van der Waals surface area contributed by atoms with Crippen LogP contribution in [-0.2, 0) is 0 Å². The summed E-state index contributed by atoms with van der Waals surface area (Å²) in [7, 11) is 17.0. The molecule has 0 aliphatic heterocycles. The molecule has 13 heavy (non-hydrogen) atoms. The monoisotopic (exact) mass is 465 g/mol. The van der Waals surface area contributed by atoms with Crippen LogP contribution < -0.4 is 0 Å². The number of halogens is 3. The SMILES string of the molecule is CCC[CH2][Sn]([Cl])([Cl])[Cl].O.[CH3][Sn]([CH3])[CH3]. The average Bonchev–Trinajstić information content (AvgIpc) is 1.80. The zero-order valence-electron chi connectivity index (χ0n) is 8.76. The molecule has 83 valence electrons. The first-order chi connectivity index (χ1) is 5.29. The van der Waals surface area contributed by atoms with Gasteiger partial charge in [-0.3, -0.25) is 0 Å². The average molecular weight is 464 g/mol. The molecular weight excluding hydrogens is 444 g/mol. The van der Waals surface area contributed by atoms with E-state index in [0.29, 0.717) is 0 Å². The van der Waals surface area contributed by atoms with E-state index in [2.05, 4.69) is 21.7 Å². The Morgan fingerprint density at radius 1 is 1.08 bits per heavy atom. The fourth-order valence-electron chi connectivity index (χ4n) is 0.377. The maximum atomic E-state index is 5.65. The fraction of sp³-hybridized carbons (Fsp3) is 1.00. The van der Waals surface area contributed by atoms with Crippen molar-refractivity contribution in [3.8, 4) is 0 Å². The van der Waals surface area contributed by atoms with Gasteiger partial charge in [-0.05, 0) is 0 Å². The molecular formula is C7H20Cl3OSn2. The van der Waals surface area contributed by atoms with Gasteiger partial charge >= 0.3 is 101 Å². The van der Waals surface area contributed by atoms with Gasteiger partial charge in [-0.25, -0.2) is 0 Å². The van der Waals surface area contributed by atoms with Crippen molar-refractivity contribution in [2.75, 3.05) is 0 Å². The molecule has 0 fully saturated rings. The van der Waals surface area contributed by atoms with E-state index in [1.54, 1.807) is 0 Å². The Kier molecular flexibility index (Phi) is 20.0. The van der Waals surface area contributed by atoms with Crippen LogP contribution in [0.15, 0.2) is 0 Å². The Labute approximate surface area is 105 Å². The van der Waals surface area contributed by atoms with E-state index in [9.17, 15) is 0 Å².